The normalized spacial score (nSPS) is 12.9. The first-order chi connectivity index (χ1) is 18.8. The summed E-state index contributed by atoms with van der Waals surface area (Å²) < 4.78 is 29.2. The van der Waals surface area contributed by atoms with Gasteiger partial charge < -0.3 is 10.2 Å². The average Bonchev–Trinajstić information content (AvgIpc) is 2.91. The monoisotopic (exact) mass is 563 g/mol. The second-order valence-corrected chi connectivity index (χ2v) is 12.4. The van der Waals surface area contributed by atoms with Gasteiger partial charge in [-0.2, -0.15) is 0 Å². The average molecular weight is 564 g/mol. The zero-order chi connectivity index (χ0) is 29.6. The number of aryl methyl sites for hydroxylation is 3. The lowest BCUT2D eigenvalue weighted by Gasteiger charge is -2.33. The predicted octanol–water partition coefficient (Wildman–Crippen LogP) is 5.45. The zero-order valence-corrected chi connectivity index (χ0v) is 25.4. The van der Waals surface area contributed by atoms with Crippen molar-refractivity contribution >= 4 is 27.5 Å². The van der Waals surface area contributed by atoms with Gasteiger partial charge in [-0.1, -0.05) is 66.6 Å². The first-order valence-electron chi connectivity index (χ1n) is 13.7. The molecular formula is C32H41N3O4S. The Balaban J connectivity index is 2.07. The lowest BCUT2D eigenvalue weighted by molar-refractivity contribution is -0.139. The number of amides is 2. The van der Waals surface area contributed by atoms with E-state index in [0.717, 1.165) is 34.2 Å². The second kappa shape index (κ2) is 13.1. The van der Waals surface area contributed by atoms with Crippen LogP contribution >= 0.6 is 0 Å². The van der Waals surface area contributed by atoms with E-state index < -0.39 is 28.5 Å². The molecule has 0 bridgehead atoms. The molecule has 3 rings (SSSR count). The molecule has 0 spiro atoms. The summed E-state index contributed by atoms with van der Waals surface area (Å²) in [5.74, 6) is -0.750. The maximum absolute atomic E-state index is 14.1. The van der Waals surface area contributed by atoms with Crippen LogP contribution in [0, 0.1) is 27.7 Å². The molecule has 0 aliphatic carbocycles. The molecule has 0 radical (unpaired) electrons. The molecule has 1 N–H and O–H groups in total. The van der Waals surface area contributed by atoms with Crippen molar-refractivity contribution in [2.24, 2.45) is 0 Å². The van der Waals surface area contributed by atoms with Crippen LogP contribution in [0.5, 0.6) is 0 Å². The molecule has 0 aromatic heterocycles. The van der Waals surface area contributed by atoms with Crippen LogP contribution in [0.15, 0.2) is 71.6 Å². The maximum Gasteiger partial charge on any atom is 0.264 e. The third-order valence-corrected chi connectivity index (χ3v) is 9.11. The van der Waals surface area contributed by atoms with Crippen molar-refractivity contribution in [3.8, 4) is 0 Å². The summed E-state index contributed by atoms with van der Waals surface area (Å²) in [7, 11) is -4.10. The Hall–Kier alpha value is -3.65. The second-order valence-electron chi connectivity index (χ2n) is 10.5. The van der Waals surface area contributed by atoms with Gasteiger partial charge in [-0.05, 0) is 82.9 Å². The molecule has 40 heavy (non-hydrogen) atoms. The number of carbonyl (C=O) groups excluding carboxylic acids is 2. The van der Waals surface area contributed by atoms with Gasteiger partial charge in [0, 0.05) is 12.6 Å². The minimum Gasteiger partial charge on any atom is -0.352 e. The lowest BCUT2D eigenvalue weighted by atomic mass is 10.1. The summed E-state index contributed by atoms with van der Waals surface area (Å²) in [6, 6.07) is 18.8. The number of nitrogens with zero attached hydrogens (tertiary/aromatic N) is 2. The summed E-state index contributed by atoms with van der Waals surface area (Å²) in [6.45, 7) is 12.9. The molecule has 214 valence electrons. The molecule has 0 saturated heterocycles. The molecule has 3 aromatic carbocycles. The first kappa shape index (κ1) is 30.9. The third kappa shape index (κ3) is 7.30. The molecule has 2 amide bonds. The van der Waals surface area contributed by atoms with Crippen molar-refractivity contribution in [1.82, 2.24) is 10.2 Å². The number of carbonyl (C=O) groups is 2. The largest absolute Gasteiger partial charge is 0.352 e. The summed E-state index contributed by atoms with van der Waals surface area (Å²) in [4.78, 5) is 28.8. The van der Waals surface area contributed by atoms with Crippen LogP contribution in [0.2, 0.25) is 0 Å². The summed E-state index contributed by atoms with van der Waals surface area (Å²) in [6.07, 6.45) is 0.749. The molecule has 7 nitrogen and oxygen atoms in total. The Morgan fingerprint density at radius 3 is 2.15 bits per heavy atom. The molecule has 2 atom stereocenters. The number of sulfonamides is 1. The highest BCUT2D eigenvalue weighted by atomic mass is 32.2. The third-order valence-electron chi connectivity index (χ3n) is 7.34. The van der Waals surface area contributed by atoms with Crippen LogP contribution in [0.3, 0.4) is 0 Å². The Morgan fingerprint density at radius 1 is 0.875 bits per heavy atom. The van der Waals surface area contributed by atoms with E-state index in [1.807, 2.05) is 71.9 Å². The fourth-order valence-corrected chi connectivity index (χ4v) is 5.88. The van der Waals surface area contributed by atoms with Crippen molar-refractivity contribution in [2.45, 2.75) is 78.4 Å². The highest BCUT2D eigenvalue weighted by molar-refractivity contribution is 7.92. The van der Waals surface area contributed by atoms with Gasteiger partial charge in [-0.3, -0.25) is 13.9 Å². The smallest absolute Gasteiger partial charge is 0.264 e. The van der Waals surface area contributed by atoms with E-state index in [2.05, 4.69) is 5.32 Å². The van der Waals surface area contributed by atoms with E-state index in [0.29, 0.717) is 5.69 Å². The number of rotatable bonds is 11. The predicted molar refractivity (Wildman–Crippen MR) is 161 cm³/mol. The standard InChI is InChI=1S/C32H41N3O4S/c1-8-25(5)33-32(37)27(7)34(20-28-13-9-11-23(3)19-28)31(36)21-35(30-14-10-12-24(4)26(30)6)40(38,39)29-17-15-22(2)16-18-29/h9-19,25,27H,8,20-21H2,1-7H3,(H,33,37)/t25-,27+/m0/s1. The molecule has 0 aliphatic rings. The molecular weight excluding hydrogens is 522 g/mol. The fourth-order valence-electron chi connectivity index (χ4n) is 4.41. The van der Waals surface area contributed by atoms with Crippen LogP contribution < -0.4 is 9.62 Å². The number of hydrogen-bond acceptors (Lipinski definition) is 4. The van der Waals surface area contributed by atoms with Crippen molar-refractivity contribution in [3.63, 3.8) is 0 Å². The van der Waals surface area contributed by atoms with Crippen LogP contribution in [0.4, 0.5) is 5.69 Å². The van der Waals surface area contributed by atoms with Gasteiger partial charge in [0.15, 0.2) is 0 Å². The molecule has 0 unspecified atom stereocenters. The van der Waals surface area contributed by atoms with Gasteiger partial charge >= 0.3 is 0 Å². The lowest BCUT2D eigenvalue weighted by Crippen LogP contribution is -2.52. The molecule has 0 aliphatic heterocycles. The number of benzene rings is 3. The van der Waals surface area contributed by atoms with Gasteiger partial charge in [0.25, 0.3) is 10.0 Å². The molecule has 0 saturated carbocycles. The summed E-state index contributed by atoms with van der Waals surface area (Å²) in [5, 5.41) is 2.96. The van der Waals surface area contributed by atoms with Gasteiger partial charge in [0.1, 0.15) is 12.6 Å². The fraction of sp³-hybridized carbons (Fsp3) is 0.375. The molecule has 0 heterocycles. The summed E-state index contributed by atoms with van der Waals surface area (Å²) >= 11 is 0. The highest BCUT2D eigenvalue weighted by Crippen LogP contribution is 2.29. The number of anilines is 1. The highest BCUT2D eigenvalue weighted by Gasteiger charge is 2.33. The van der Waals surface area contributed by atoms with Crippen molar-refractivity contribution < 1.29 is 18.0 Å². The Kier molecular flexibility index (Phi) is 10.1. The topological polar surface area (TPSA) is 86.8 Å². The van der Waals surface area contributed by atoms with Gasteiger partial charge in [-0.25, -0.2) is 8.42 Å². The SMILES string of the molecule is CC[C@H](C)NC(=O)[C@@H](C)N(Cc1cccc(C)c1)C(=O)CN(c1cccc(C)c1C)S(=O)(=O)c1ccc(C)cc1. The van der Waals surface area contributed by atoms with Gasteiger partial charge in [0.2, 0.25) is 11.8 Å². The van der Waals surface area contributed by atoms with Gasteiger partial charge in [-0.15, -0.1) is 0 Å². The Bertz CT molecular complexity index is 1450. The van der Waals surface area contributed by atoms with Crippen molar-refractivity contribution in [1.29, 1.82) is 0 Å². The minimum atomic E-state index is -4.10. The minimum absolute atomic E-state index is 0.0563. The molecule has 3 aromatic rings. The van der Waals surface area contributed by atoms with Crippen LogP contribution in [0.1, 0.15) is 55.0 Å². The zero-order valence-electron chi connectivity index (χ0n) is 24.6. The van der Waals surface area contributed by atoms with E-state index in [1.54, 1.807) is 43.3 Å². The number of nitrogens with one attached hydrogen (secondary N) is 1. The maximum atomic E-state index is 14.1. The Morgan fingerprint density at radius 2 is 1.52 bits per heavy atom. The van der Waals surface area contributed by atoms with Crippen LogP contribution in [-0.4, -0.2) is 43.8 Å². The summed E-state index contributed by atoms with van der Waals surface area (Å²) in [5.41, 5.74) is 4.92. The van der Waals surface area contributed by atoms with E-state index in [-0.39, 0.29) is 23.4 Å². The van der Waals surface area contributed by atoms with Crippen LogP contribution in [-0.2, 0) is 26.2 Å². The van der Waals surface area contributed by atoms with E-state index in [1.165, 1.54) is 9.21 Å². The molecule has 8 heteroatoms. The number of hydrogen-bond donors (Lipinski definition) is 1. The van der Waals surface area contributed by atoms with Gasteiger partial charge in [0.05, 0.1) is 10.6 Å². The van der Waals surface area contributed by atoms with E-state index >= 15 is 0 Å². The molecule has 0 fully saturated rings. The van der Waals surface area contributed by atoms with Crippen molar-refractivity contribution in [3.05, 3.63) is 94.5 Å². The van der Waals surface area contributed by atoms with E-state index in [9.17, 15) is 18.0 Å². The van der Waals surface area contributed by atoms with Crippen LogP contribution in [0.25, 0.3) is 0 Å². The quantitative estimate of drug-likeness (QED) is 0.336. The van der Waals surface area contributed by atoms with Crippen molar-refractivity contribution in [2.75, 3.05) is 10.8 Å². The van der Waals surface area contributed by atoms with E-state index in [4.69, 9.17) is 0 Å². The Labute approximate surface area is 239 Å². The first-order valence-corrected chi connectivity index (χ1v) is 15.1.